The molecule has 33 heavy (non-hydrogen) atoms. The molecule has 0 fully saturated rings. The van der Waals surface area contributed by atoms with Crippen molar-refractivity contribution in [3.05, 3.63) is 12.2 Å². The van der Waals surface area contributed by atoms with E-state index < -0.39 is 48.8 Å². The number of esters is 2. The summed E-state index contributed by atoms with van der Waals surface area (Å²) in [5.74, 6) is 2.65. The maximum atomic E-state index is 11.3. The Hall–Kier alpha value is -1.04. The molecular weight excluding hydrogens is 527 g/mol. The van der Waals surface area contributed by atoms with E-state index in [9.17, 15) is 9.59 Å². The van der Waals surface area contributed by atoms with Crippen LogP contribution in [-0.4, -0.2) is 62.0 Å². The molecule has 0 aromatic carbocycles. The van der Waals surface area contributed by atoms with Crippen molar-refractivity contribution in [2.45, 2.75) is 111 Å². The molecule has 1 rings (SSSR count). The SMILES string of the molecule is CCC[CH2][Sn]([C]#CCCO[C@@H]1C=C[C@H](OC(C)=O)[C@@H](COC(C)=O)O1)([CH2]CCC)[CH2]CCC. The summed E-state index contributed by atoms with van der Waals surface area (Å²) in [6.07, 6.45) is 10.0. The monoisotopic (exact) mass is 572 g/mol. The van der Waals surface area contributed by atoms with E-state index in [2.05, 4.69) is 30.6 Å². The van der Waals surface area contributed by atoms with Crippen LogP contribution in [0.5, 0.6) is 0 Å². The van der Waals surface area contributed by atoms with E-state index >= 15 is 0 Å². The molecule has 0 N–H and O–H groups in total. The van der Waals surface area contributed by atoms with E-state index in [4.69, 9.17) is 18.9 Å². The molecule has 0 saturated carbocycles. The molecular formula is C26H44O6Sn. The molecule has 0 bridgehead atoms. The molecule has 188 valence electrons. The van der Waals surface area contributed by atoms with E-state index in [1.165, 1.54) is 65.7 Å². The van der Waals surface area contributed by atoms with Gasteiger partial charge in [-0.2, -0.15) is 0 Å². The second-order valence-electron chi connectivity index (χ2n) is 8.82. The quantitative estimate of drug-likeness (QED) is 0.0843. The van der Waals surface area contributed by atoms with Crippen molar-refractivity contribution in [1.82, 2.24) is 0 Å². The van der Waals surface area contributed by atoms with Crippen LogP contribution in [0.25, 0.3) is 0 Å². The predicted molar refractivity (Wildman–Crippen MR) is 133 cm³/mol. The van der Waals surface area contributed by atoms with Crippen LogP contribution in [0.4, 0.5) is 0 Å². The number of ether oxygens (including phenoxy) is 4. The molecule has 1 aliphatic rings. The molecule has 0 spiro atoms. The topological polar surface area (TPSA) is 71.1 Å². The van der Waals surface area contributed by atoms with Crippen LogP contribution in [0.15, 0.2) is 12.2 Å². The minimum absolute atomic E-state index is 0.000554. The Balaban J connectivity index is 2.68. The van der Waals surface area contributed by atoms with Gasteiger partial charge in [0.25, 0.3) is 0 Å². The van der Waals surface area contributed by atoms with Crippen molar-refractivity contribution in [1.29, 1.82) is 0 Å². The third-order valence-corrected chi connectivity index (χ3v) is 19.0. The number of unbranched alkanes of at least 4 members (excludes halogenated alkanes) is 3. The van der Waals surface area contributed by atoms with Crippen LogP contribution in [-0.2, 0) is 28.5 Å². The first-order chi connectivity index (χ1) is 15.9. The van der Waals surface area contributed by atoms with E-state index in [-0.39, 0.29) is 6.61 Å². The van der Waals surface area contributed by atoms with Gasteiger partial charge in [0, 0.05) is 0 Å². The zero-order valence-corrected chi connectivity index (χ0v) is 24.2. The number of hydrogen-bond acceptors (Lipinski definition) is 6. The third kappa shape index (κ3) is 12.8. The standard InChI is InChI=1S/C14H17O6.3C4H9.Sn/c1-4-5-8-17-14-7-6-12(19-11(3)16)13(20-14)9-18-10(2)15;3*1-3-4-2;/h6-7,12-14H,5,8-9H2,2-3H3;3*1,3-4H2,2H3;/t12-,13+,14-;;;;/m0..../s1. The normalized spacial score (nSPS) is 20.1. The second-order valence-corrected chi connectivity index (χ2v) is 21.1. The Kier molecular flexibility index (Phi) is 15.8. The van der Waals surface area contributed by atoms with Crippen molar-refractivity contribution in [2.75, 3.05) is 13.2 Å². The van der Waals surface area contributed by atoms with Gasteiger partial charge in [0.2, 0.25) is 0 Å². The van der Waals surface area contributed by atoms with Gasteiger partial charge >= 0.3 is 205 Å². The van der Waals surface area contributed by atoms with Gasteiger partial charge < -0.3 is 0 Å². The first kappa shape index (κ1) is 30.0. The summed E-state index contributed by atoms with van der Waals surface area (Å²) >= 11 is -2.43. The fourth-order valence-electron chi connectivity index (χ4n) is 3.94. The molecule has 6 nitrogen and oxygen atoms in total. The average molecular weight is 571 g/mol. The Morgan fingerprint density at radius 3 is 2.06 bits per heavy atom. The van der Waals surface area contributed by atoms with E-state index in [0.29, 0.717) is 13.0 Å². The summed E-state index contributed by atoms with van der Waals surface area (Å²) in [7, 11) is 0. The second kappa shape index (κ2) is 17.4. The van der Waals surface area contributed by atoms with Crippen molar-refractivity contribution < 1.29 is 28.5 Å². The summed E-state index contributed by atoms with van der Waals surface area (Å²) in [5, 5.41) is 0. The van der Waals surface area contributed by atoms with Crippen LogP contribution in [0.2, 0.25) is 13.3 Å². The fourth-order valence-corrected chi connectivity index (χ4v) is 17.4. The average Bonchev–Trinajstić information content (AvgIpc) is 2.78. The zero-order chi connectivity index (χ0) is 24.5. The van der Waals surface area contributed by atoms with Crippen molar-refractivity contribution in [3.63, 3.8) is 0 Å². The molecule has 3 atom stereocenters. The van der Waals surface area contributed by atoms with Crippen LogP contribution < -0.4 is 0 Å². The Morgan fingerprint density at radius 1 is 0.939 bits per heavy atom. The van der Waals surface area contributed by atoms with Crippen LogP contribution in [0.3, 0.4) is 0 Å². The zero-order valence-electron chi connectivity index (χ0n) is 21.3. The van der Waals surface area contributed by atoms with E-state index in [0.717, 1.165) is 0 Å². The van der Waals surface area contributed by atoms with Crippen LogP contribution in [0.1, 0.15) is 79.6 Å². The van der Waals surface area contributed by atoms with Crippen LogP contribution >= 0.6 is 0 Å². The number of carbonyl (C=O) groups is 2. The van der Waals surface area contributed by atoms with Gasteiger partial charge in [-0.15, -0.1) is 0 Å². The number of carbonyl (C=O) groups excluding carboxylic acids is 2. The predicted octanol–water partition coefficient (Wildman–Crippen LogP) is 5.56. The summed E-state index contributed by atoms with van der Waals surface area (Å²) in [4.78, 5) is 22.5. The molecule has 0 amide bonds. The van der Waals surface area contributed by atoms with E-state index in [1.807, 2.05) is 0 Å². The first-order valence-corrected chi connectivity index (χ1v) is 20.1. The van der Waals surface area contributed by atoms with Gasteiger partial charge in [-0.1, -0.05) is 0 Å². The minimum atomic E-state index is -2.43. The van der Waals surface area contributed by atoms with Gasteiger partial charge in [-0.3, -0.25) is 0 Å². The van der Waals surface area contributed by atoms with Crippen molar-refractivity contribution in [2.24, 2.45) is 0 Å². The first-order valence-electron chi connectivity index (χ1n) is 12.6. The molecule has 1 heterocycles. The summed E-state index contributed by atoms with van der Waals surface area (Å²) in [6.45, 7) is 9.96. The molecule has 0 radical (unpaired) electrons. The maximum absolute atomic E-state index is 11.3. The molecule has 1 aliphatic heterocycles. The summed E-state index contributed by atoms with van der Waals surface area (Å²) in [6, 6.07) is 0. The van der Waals surface area contributed by atoms with Gasteiger partial charge in [0.1, 0.15) is 0 Å². The van der Waals surface area contributed by atoms with Gasteiger partial charge in [-0.05, 0) is 0 Å². The summed E-state index contributed by atoms with van der Waals surface area (Å²) < 4.78 is 30.0. The van der Waals surface area contributed by atoms with Crippen molar-refractivity contribution >= 4 is 30.3 Å². The molecule has 0 unspecified atom stereocenters. The fraction of sp³-hybridized carbons (Fsp3) is 0.769. The van der Waals surface area contributed by atoms with E-state index in [1.54, 1.807) is 12.2 Å². The van der Waals surface area contributed by atoms with Crippen molar-refractivity contribution in [3.8, 4) is 9.86 Å². The number of rotatable bonds is 15. The molecule has 0 aliphatic carbocycles. The van der Waals surface area contributed by atoms with Gasteiger partial charge in [-0.25, -0.2) is 0 Å². The summed E-state index contributed by atoms with van der Waals surface area (Å²) in [5.41, 5.74) is 0. The molecule has 0 saturated heterocycles. The third-order valence-electron chi connectivity index (χ3n) is 5.78. The Labute approximate surface area is 205 Å². The van der Waals surface area contributed by atoms with Crippen LogP contribution in [0, 0.1) is 9.86 Å². The molecule has 0 aromatic heterocycles. The Bertz CT molecular complexity index is 644. The Morgan fingerprint density at radius 2 is 1.55 bits per heavy atom. The molecule has 7 heteroatoms. The number of hydrogen-bond donors (Lipinski definition) is 0. The van der Waals surface area contributed by atoms with Gasteiger partial charge in [0.05, 0.1) is 0 Å². The van der Waals surface area contributed by atoms with Gasteiger partial charge in [0.15, 0.2) is 0 Å². The molecule has 0 aromatic rings.